The lowest BCUT2D eigenvalue weighted by molar-refractivity contribution is 0.154. The van der Waals surface area contributed by atoms with E-state index >= 15 is 0 Å². The molecule has 0 bridgehead atoms. The molecule has 0 saturated heterocycles. The van der Waals surface area contributed by atoms with Crippen molar-refractivity contribution in [1.29, 1.82) is 0 Å². The Bertz CT molecular complexity index is 445. The summed E-state index contributed by atoms with van der Waals surface area (Å²) in [7, 11) is 6.14. The first-order valence-electron chi connectivity index (χ1n) is 6.10. The van der Waals surface area contributed by atoms with Crippen LogP contribution in [0.2, 0.25) is 0 Å². The maximum atomic E-state index is 5.98. The molecule has 2 rings (SSSR count). The largest absolute Gasteiger partial charge is 0.472 e. The highest BCUT2D eigenvalue weighted by Crippen LogP contribution is 2.23. The Morgan fingerprint density at radius 2 is 2.15 bits per heavy atom. The van der Waals surface area contributed by atoms with Gasteiger partial charge in [0, 0.05) is 19.8 Å². The molecule has 4 nitrogen and oxygen atoms in total. The number of hydrogen-bond acceptors (Lipinski definition) is 4. The van der Waals surface area contributed by atoms with Gasteiger partial charge in [0.2, 0.25) is 5.88 Å². The van der Waals surface area contributed by atoms with Crippen LogP contribution in [0, 0.1) is 0 Å². The average Bonchev–Trinajstić information content (AvgIpc) is 2.46. The van der Waals surface area contributed by atoms with Gasteiger partial charge >= 0.3 is 0 Å². The minimum Gasteiger partial charge on any atom is -0.472 e. The van der Waals surface area contributed by atoms with Crippen molar-refractivity contribution in [2.24, 2.45) is 0 Å². The van der Waals surface area contributed by atoms with Crippen LogP contribution in [0.4, 0.5) is 0 Å². The second kappa shape index (κ2) is 8.62. The number of pyridine rings is 1. The zero-order valence-electron chi connectivity index (χ0n) is 11.9. The topological polar surface area (TPSA) is 28.6 Å². The molecule has 0 fully saturated rings. The lowest BCUT2D eigenvalue weighted by Gasteiger charge is -2.22. The molecule has 0 saturated carbocycles. The van der Waals surface area contributed by atoms with E-state index in [0.717, 1.165) is 30.1 Å². The molecule has 1 aliphatic rings. The number of halogens is 2. The third-order valence-corrected chi connectivity index (χ3v) is 3.53. The van der Waals surface area contributed by atoms with Gasteiger partial charge in [-0.2, -0.15) is 0 Å². The van der Waals surface area contributed by atoms with Gasteiger partial charge in [-0.1, -0.05) is 12.2 Å². The lowest BCUT2D eigenvalue weighted by Crippen LogP contribution is -2.35. The summed E-state index contributed by atoms with van der Waals surface area (Å²) >= 11 is 5.45. The highest BCUT2D eigenvalue weighted by molar-refractivity contribution is 7.80. The molecule has 20 heavy (non-hydrogen) atoms. The molecular weight excluding hydrogens is 317 g/mol. The molecule has 0 N–H and O–H groups in total. The normalized spacial score (nSPS) is 17.5. The van der Waals surface area contributed by atoms with Crippen LogP contribution in [0.5, 0.6) is 5.88 Å². The Hall–Kier alpha value is -0.620. The van der Waals surface area contributed by atoms with Crippen LogP contribution in [0.25, 0.3) is 0 Å². The lowest BCUT2D eigenvalue weighted by atomic mass is 10.2. The molecular formula is C13H21Cl2N3OS. The van der Waals surface area contributed by atoms with Crippen LogP contribution >= 0.6 is 37.0 Å². The maximum absolute atomic E-state index is 5.98. The standard InChI is InChI=1S/C13H19N3OS.2ClH/c1-15(2)8-6-10-9-16(3)13(18)11-5-4-7-14-12(11)17-10;;/h4-5,7,10H,6,8-9H2,1-3H3;2*1H/t10-;;/m1../s1. The predicted molar refractivity (Wildman–Crippen MR) is 90.7 cm³/mol. The van der Waals surface area contributed by atoms with Crippen LogP contribution in [0.3, 0.4) is 0 Å². The van der Waals surface area contributed by atoms with E-state index in [-0.39, 0.29) is 30.9 Å². The smallest absolute Gasteiger partial charge is 0.224 e. The van der Waals surface area contributed by atoms with E-state index in [1.165, 1.54) is 0 Å². The quantitative estimate of drug-likeness (QED) is 0.789. The molecule has 0 spiro atoms. The van der Waals surface area contributed by atoms with Gasteiger partial charge in [-0.25, -0.2) is 4.98 Å². The van der Waals surface area contributed by atoms with Gasteiger partial charge < -0.3 is 14.5 Å². The molecule has 1 aromatic rings. The van der Waals surface area contributed by atoms with Crippen LogP contribution in [-0.2, 0) is 0 Å². The highest BCUT2D eigenvalue weighted by atomic mass is 35.5. The Morgan fingerprint density at radius 3 is 2.80 bits per heavy atom. The second-order valence-corrected chi connectivity index (χ2v) is 5.26. The minimum absolute atomic E-state index is 0. The summed E-state index contributed by atoms with van der Waals surface area (Å²) in [5.41, 5.74) is 0.919. The first kappa shape index (κ1) is 19.4. The number of likely N-dealkylation sites (N-methyl/N-ethyl adjacent to an activating group) is 1. The van der Waals surface area contributed by atoms with Gasteiger partial charge in [-0.15, -0.1) is 24.8 Å². The van der Waals surface area contributed by atoms with Gasteiger partial charge in [0.15, 0.2) is 0 Å². The van der Waals surface area contributed by atoms with Gasteiger partial charge in [0.25, 0.3) is 0 Å². The van der Waals surface area contributed by atoms with E-state index in [4.69, 9.17) is 17.0 Å². The summed E-state index contributed by atoms with van der Waals surface area (Å²) in [5.74, 6) is 0.663. The summed E-state index contributed by atoms with van der Waals surface area (Å²) in [4.78, 5) is 9.33. The second-order valence-electron chi connectivity index (χ2n) is 4.87. The van der Waals surface area contributed by atoms with E-state index < -0.39 is 0 Å². The minimum atomic E-state index is 0. The highest BCUT2D eigenvalue weighted by Gasteiger charge is 2.24. The van der Waals surface area contributed by atoms with Crippen molar-refractivity contribution in [3.63, 3.8) is 0 Å². The molecule has 1 atom stereocenters. The van der Waals surface area contributed by atoms with Crippen LogP contribution < -0.4 is 4.74 Å². The summed E-state index contributed by atoms with van der Waals surface area (Å²) in [6.07, 6.45) is 2.85. The molecule has 1 aromatic heterocycles. The van der Waals surface area contributed by atoms with Crippen molar-refractivity contribution in [3.8, 4) is 5.88 Å². The number of nitrogens with zero attached hydrogens (tertiary/aromatic N) is 3. The molecule has 0 unspecified atom stereocenters. The zero-order valence-corrected chi connectivity index (χ0v) is 14.4. The molecule has 0 radical (unpaired) electrons. The van der Waals surface area contributed by atoms with Gasteiger partial charge in [-0.05, 0) is 32.6 Å². The Balaban J connectivity index is 0.00000180. The zero-order chi connectivity index (χ0) is 13.1. The number of rotatable bonds is 3. The van der Waals surface area contributed by atoms with Gasteiger partial charge in [0.05, 0.1) is 12.1 Å². The van der Waals surface area contributed by atoms with Crippen molar-refractivity contribution in [2.75, 3.05) is 34.2 Å². The molecule has 7 heteroatoms. The Morgan fingerprint density at radius 1 is 1.45 bits per heavy atom. The molecule has 0 amide bonds. The third kappa shape index (κ3) is 4.74. The summed E-state index contributed by atoms with van der Waals surface area (Å²) < 4.78 is 5.98. The van der Waals surface area contributed by atoms with Gasteiger partial charge in [-0.3, -0.25) is 0 Å². The first-order valence-corrected chi connectivity index (χ1v) is 6.50. The molecule has 2 heterocycles. The molecule has 114 valence electrons. The monoisotopic (exact) mass is 337 g/mol. The fourth-order valence-corrected chi connectivity index (χ4v) is 2.22. The van der Waals surface area contributed by atoms with Crippen LogP contribution in [-0.4, -0.2) is 60.1 Å². The number of ether oxygens (including phenoxy) is 1. The number of aromatic nitrogens is 1. The molecule has 0 aromatic carbocycles. The third-order valence-electron chi connectivity index (χ3n) is 3.00. The molecule has 1 aliphatic heterocycles. The predicted octanol–water partition coefficient (Wildman–Crippen LogP) is 2.25. The van der Waals surface area contributed by atoms with Crippen molar-refractivity contribution in [1.82, 2.24) is 14.8 Å². The summed E-state index contributed by atoms with van der Waals surface area (Å²) in [5, 5.41) is 0. The number of thiocarbonyl (C=S) groups is 1. The van der Waals surface area contributed by atoms with Crippen LogP contribution in [0.15, 0.2) is 18.3 Å². The fraction of sp³-hybridized carbons (Fsp3) is 0.538. The van der Waals surface area contributed by atoms with Crippen molar-refractivity contribution in [2.45, 2.75) is 12.5 Å². The van der Waals surface area contributed by atoms with Crippen molar-refractivity contribution >= 4 is 42.0 Å². The van der Waals surface area contributed by atoms with Crippen molar-refractivity contribution in [3.05, 3.63) is 23.9 Å². The van der Waals surface area contributed by atoms with E-state index in [9.17, 15) is 0 Å². The SMILES string of the molecule is CN(C)CC[C@@H]1CN(C)C(=S)c2cccnc2O1.Cl.Cl. The average molecular weight is 338 g/mol. The van der Waals surface area contributed by atoms with Gasteiger partial charge in [0.1, 0.15) is 11.1 Å². The Kier molecular flexibility index (Phi) is 8.35. The fourth-order valence-electron chi connectivity index (χ4n) is 1.99. The van der Waals surface area contributed by atoms with Crippen molar-refractivity contribution < 1.29 is 4.74 Å². The molecule has 0 aliphatic carbocycles. The first-order chi connectivity index (χ1) is 8.58. The number of fused-ring (bicyclic) bond motifs is 1. The van der Waals surface area contributed by atoms with E-state index in [1.54, 1.807) is 6.20 Å². The maximum Gasteiger partial charge on any atom is 0.224 e. The van der Waals surface area contributed by atoms with E-state index in [0.29, 0.717) is 5.88 Å². The Labute approximate surface area is 138 Å². The number of hydrogen-bond donors (Lipinski definition) is 0. The summed E-state index contributed by atoms with van der Waals surface area (Å²) in [6.45, 7) is 1.80. The van der Waals surface area contributed by atoms with Crippen LogP contribution in [0.1, 0.15) is 12.0 Å². The van der Waals surface area contributed by atoms with E-state index in [2.05, 4.69) is 28.9 Å². The summed E-state index contributed by atoms with van der Waals surface area (Å²) in [6, 6.07) is 3.86. The van der Waals surface area contributed by atoms with E-state index in [1.807, 2.05) is 19.2 Å².